The Morgan fingerprint density at radius 3 is 2.55 bits per heavy atom. The minimum atomic E-state index is -0.565. The number of carbonyl (C=O) groups is 2. The molecule has 31 heavy (non-hydrogen) atoms. The van der Waals surface area contributed by atoms with Gasteiger partial charge in [0.15, 0.2) is 0 Å². The second-order valence-corrected chi connectivity index (χ2v) is 8.83. The van der Waals surface area contributed by atoms with E-state index in [-0.39, 0.29) is 11.5 Å². The molecule has 2 fully saturated rings. The van der Waals surface area contributed by atoms with E-state index in [1.54, 1.807) is 18.2 Å². The summed E-state index contributed by atoms with van der Waals surface area (Å²) >= 11 is 0. The molecule has 2 aromatic carbocycles. The zero-order valence-corrected chi connectivity index (χ0v) is 17.8. The molecule has 2 aliphatic heterocycles. The van der Waals surface area contributed by atoms with E-state index in [0.717, 1.165) is 43.1 Å². The predicted molar refractivity (Wildman–Crippen MR) is 116 cm³/mol. The average Bonchev–Trinajstić information content (AvgIpc) is 3.20. The molecule has 0 N–H and O–H groups in total. The van der Waals surface area contributed by atoms with E-state index in [9.17, 15) is 14.0 Å². The van der Waals surface area contributed by atoms with Crippen LogP contribution in [0.4, 0.5) is 4.39 Å². The number of fused-ring (bicyclic) bond motifs is 1. The van der Waals surface area contributed by atoms with Crippen LogP contribution < -0.4 is 0 Å². The van der Waals surface area contributed by atoms with E-state index in [0.29, 0.717) is 23.7 Å². The van der Waals surface area contributed by atoms with Crippen molar-refractivity contribution in [1.82, 2.24) is 9.80 Å². The summed E-state index contributed by atoms with van der Waals surface area (Å²) in [6.07, 6.45) is 5.74. The summed E-state index contributed by atoms with van der Waals surface area (Å²) in [5, 5.41) is 0. The summed E-state index contributed by atoms with van der Waals surface area (Å²) in [7, 11) is 1.27. The Balaban J connectivity index is 1.34. The third kappa shape index (κ3) is 3.63. The maximum Gasteiger partial charge on any atom is 0.337 e. The maximum absolute atomic E-state index is 14.7. The van der Waals surface area contributed by atoms with Crippen LogP contribution in [0.25, 0.3) is 11.1 Å². The van der Waals surface area contributed by atoms with Gasteiger partial charge in [0.25, 0.3) is 5.91 Å². The number of hydrogen-bond donors (Lipinski definition) is 0. The van der Waals surface area contributed by atoms with Gasteiger partial charge >= 0.3 is 5.97 Å². The van der Waals surface area contributed by atoms with Crippen LogP contribution in [0.3, 0.4) is 0 Å². The molecule has 162 valence electrons. The lowest BCUT2D eigenvalue weighted by atomic mass is 9.91. The van der Waals surface area contributed by atoms with Crippen LogP contribution in [0.1, 0.15) is 52.0 Å². The van der Waals surface area contributed by atoms with Gasteiger partial charge in [-0.2, -0.15) is 0 Å². The monoisotopic (exact) mass is 422 g/mol. The van der Waals surface area contributed by atoms with E-state index in [4.69, 9.17) is 0 Å². The van der Waals surface area contributed by atoms with Crippen LogP contribution in [-0.2, 0) is 11.2 Å². The molecule has 0 spiro atoms. The third-order valence-corrected chi connectivity index (χ3v) is 7.15. The molecule has 0 radical (unpaired) electrons. The molecule has 6 heteroatoms. The van der Waals surface area contributed by atoms with E-state index in [1.807, 2.05) is 17.0 Å². The minimum absolute atomic E-state index is 0.0924. The first-order valence-electron chi connectivity index (χ1n) is 11.1. The van der Waals surface area contributed by atoms with Crippen molar-refractivity contribution in [3.8, 4) is 11.1 Å². The zero-order valence-electron chi connectivity index (χ0n) is 17.8. The fraction of sp³-hybridized carbons (Fsp3) is 0.440. The Kier molecular flexibility index (Phi) is 5.26. The van der Waals surface area contributed by atoms with Crippen molar-refractivity contribution in [3.63, 3.8) is 0 Å². The van der Waals surface area contributed by atoms with Crippen molar-refractivity contribution in [2.24, 2.45) is 0 Å². The quantitative estimate of drug-likeness (QED) is 0.701. The maximum atomic E-state index is 14.7. The Morgan fingerprint density at radius 1 is 1.03 bits per heavy atom. The van der Waals surface area contributed by atoms with Gasteiger partial charge < -0.3 is 9.64 Å². The molecule has 1 saturated carbocycles. The number of halogens is 1. The van der Waals surface area contributed by atoms with Crippen LogP contribution in [-0.4, -0.2) is 60.5 Å². The molecule has 0 unspecified atom stereocenters. The Hall–Kier alpha value is -2.73. The van der Waals surface area contributed by atoms with Gasteiger partial charge in [-0.15, -0.1) is 0 Å². The van der Waals surface area contributed by atoms with Crippen molar-refractivity contribution in [3.05, 3.63) is 58.9 Å². The molecule has 0 bridgehead atoms. The van der Waals surface area contributed by atoms with Gasteiger partial charge in [-0.25, -0.2) is 9.18 Å². The number of benzene rings is 2. The molecule has 1 amide bonds. The van der Waals surface area contributed by atoms with Crippen molar-refractivity contribution in [2.45, 2.75) is 44.2 Å². The molecule has 3 aliphatic rings. The van der Waals surface area contributed by atoms with Crippen LogP contribution in [0, 0.1) is 5.82 Å². The summed E-state index contributed by atoms with van der Waals surface area (Å²) in [6, 6.07) is 10.9. The molecule has 1 saturated heterocycles. The normalized spacial score (nSPS) is 21.7. The number of methoxy groups -OCH3 is 1. The van der Waals surface area contributed by atoms with Gasteiger partial charge in [0, 0.05) is 42.8 Å². The van der Waals surface area contributed by atoms with Crippen molar-refractivity contribution in [2.75, 3.05) is 26.7 Å². The second kappa shape index (κ2) is 8.08. The molecular weight excluding hydrogens is 395 g/mol. The second-order valence-electron chi connectivity index (χ2n) is 8.83. The van der Waals surface area contributed by atoms with E-state index in [1.165, 1.54) is 32.4 Å². The third-order valence-electron chi connectivity index (χ3n) is 7.15. The Labute approximate surface area is 181 Å². The van der Waals surface area contributed by atoms with Gasteiger partial charge in [-0.3, -0.25) is 9.69 Å². The predicted octanol–water partition coefficient (Wildman–Crippen LogP) is 3.90. The smallest absolute Gasteiger partial charge is 0.337 e. The highest BCUT2D eigenvalue weighted by atomic mass is 19.1. The molecule has 1 atom stereocenters. The van der Waals surface area contributed by atoms with Crippen LogP contribution >= 0.6 is 0 Å². The fourth-order valence-corrected chi connectivity index (χ4v) is 5.12. The van der Waals surface area contributed by atoms with Gasteiger partial charge in [0.1, 0.15) is 5.82 Å². The van der Waals surface area contributed by atoms with Crippen LogP contribution in [0.5, 0.6) is 0 Å². The number of esters is 1. The lowest BCUT2D eigenvalue weighted by Gasteiger charge is -2.37. The summed E-state index contributed by atoms with van der Waals surface area (Å²) < 4.78 is 19.3. The number of amides is 1. The fourth-order valence-electron chi connectivity index (χ4n) is 5.12. The van der Waals surface area contributed by atoms with Crippen LogP contribution in [0.2, 0.25) is 0 Å². The number of likely N-dealkylation sites (tertiary alicyclic amines) is 1. The van der Waals surface area contributed by atoms with Gasteiger partial charge in [0.05, 0.1) is 12.7 Å². The lowest BCUT2D eigenvalue weighted by molar-refractivity contribution is 0.0599. The Bertz CT molecular complexity index is 1030. The Morgan fingerprint density at radius 2 is 1.84 bits per heavy atom. The van der Waals surface area contributed by atoms with Gasteiger partial charge in [-0.05, 0) is 55.0 Å². The van der Waals surface area contributed by atoms with E-state index >= 15 is 0 Å². The lowest BCUT2D eigenvalue weighted by Crippen LogP contribution is -2.47. The zero-order chi connectivity index (χ0) is 21.5. The summed E-state index contributed by atoms with van der Waals surface area (Å²) in [4.78, 5) is 29.4. The number of nitrogens with zero attached hydrogens (tertiary/aromatic N) is 2. The number of hydrogen-bond acceptors (Lipinski definition) is 4. The first-order valence-corrected chi connectivity index (χ1v) is 11.1. The molecule has 2 aromatic rings. The van der Waals surface area contributed by atoms with Crippen LogP contribution in [0.15, 0.2) is 36.4 Å². The van der Waals surface area contributed by atoms with Crippen molar-refractivity contribution in [1.29, 1.82) is 0 Å². The summed E-state index contributed by atoms with van der Waals surface area (Å²) in [6.45, 7) is 2.79. The molecular formula is C25H27FN2O3. The molecule has 2 heterocycles. The van der Waals surface area contributed by atoms with Gasteiger partial charge in [0.2, 0.25) is 0 Å². The summed E-state index contributed by atoms with van der Waals surface area (Å²) in [5.41, 5.74) is 3.00. The van der Waals surface area contributed by atoms with Gasteiger partial charge in [-0.1, -0.05) is 24.6 Å². The molecule has 5 rings (SSSR count). The average molecular weight is 423 g/mol. The highest BCUT2D eigenvalue weighted by Gasteiger charge is 2.37. The minimum Gasteiger partial charge on any atom is -0.465 e. The first-order chi connectivity index (χ1) is 15.0. The highest BCUT2D eigenvalue weighted by molar-refractivity contribution is 5.97. The first kappa shape index (κ1) is 20.2. The number of ether oxygens (including phenoxy) is 1. The number of carbonyl (C=O) groups excluding carboxylic acids is 2. The highest BCUT2D eigenvalue weighted by Crippen LogP contribution is 2.33. The van der Waals surface area contributed by atoms with Crippen molar-refractivity contribution < 1.29 is 18.7 Å². The molecule has 5 nitrogen and oxygen atoms in total. The van der Waals surface area contributed by atoms with E-state index in [2.05, 4.69) is 9.64 Å². The SMILES string of the molecule is COC(=O)c1ccc(-c2ccc3c(c2)CCN([C@@H]2CCN(C4CCC4)C2)C3=O)c(F)c1. The number of rotatable bonds is 4. The summed E-state index contributed by atoms with van der Waals surface area (Å²) in [5.74, 6) is -0.951. The van der Waals surface area contributed by atoms with Crippen molar-refractivity contribution >= 4 is 11.9 Å². The molecule has 1 aliphatic carbocycles. The molecule has 0 aromatic heterocycles. The van der Waals surface area contributed by atoms with E-state index < -0.39 is 11.8 Å². The standard InChI is InChI=1S/C25H27FN2O3/c1-31-25(30)18-6-7-21(23(26)14-18)16-5-8-22-17(13-16)9-12-28(24(22)29)20-10-11-27(15-20)19-3-2-4-19/h5-8,13-14,19-20H,2-4,9-12,15H2,1H3/t20-/m1/s1. The largest absolute Gasteiger partial charge is 0.465 e. The topological polar surface area (TPSA) is 49.9 Å².